The lowest BCUT2D eigenvalue weighted by atomic mass is 10.0. The maximum atomic E-state index is 14.1. The average Bonchev–Trinajstić information content (AvgIpc) is 3.23. The maximum Gasteiger partial charge on any atom is 0.394 e. The Bertz CT molecular complexity index is 1050. The number of benzene rings is 1. The van der Waals surface area contributed by atoms with Crippen LogP contribution < -0.4 is 4.90 Å². The zero-order valence-corrected chi connectivity index (χ0v) is 14.7. The highest BCUT2D eigenvalue weighted by molar-refractivity contribution is 7.79. The van der Waals surface area contributed by atoms with Crippen molar-refractivity contribution in [1.29, 1.82) is 0 Å². The van der Waals surface area contributed by atoms with E-state index in [4.69, 9.17) is 17.5 Å². The zero-order valence-electron chi connectivity index (χ0n) is 13.9. The van der Waals surface area contributed by atoms with Crippen LogP contribution in [0.2, 0.25) is 0 Å². The quantitative estimate of drug-likeness (QED) is 0.639. The molecule has 0 radical (unpaired) electrons. The number of nitrogens with zero attached hydrogens (tertiary/aromatic N) is 4. The fraction of sp³-hybridized carbons (Fsp3) is 0.250. The minimum absolute atomic E-state index is 0.187. The van der Waals surface area contributed by atoms with Crippen molar-refractivity contribution in [3.8, 4) is 0 Å². The van der Waals surface area contributed by atoms with Gasteiger partial charge in [-0.05, 0) is 37.1 Å². The van der Waals surface area contributed by atoms with E-state index in [-0.39, 0.29) is 11.9 Å². The number of halogens is 2. The van der Waals surface area contributed by atoms with E-state index in [1.54, 1.807) is 10.7 Å². The fourth-order valence-electron chi connectivity index (χ4n) is 3.10. The van der Waals surface area contributed by atoms with Crippen molar-refractivity contribution in [2.45, 2.75) is 18.9 Å². The molecule has 3 heterocycles. The molecule has 1 atom stereocenters. The SMILES string of the molecule is Fc1ccc(F)c(C2CCCN2c2ccn3nccc3n2)c1.O=S(=O)(O)O. The van der Waals surface area contributed by atoms with Crippen molar-refractivity contribution in [3.05, 3.63) is 59.9 Å². The largest absolute Gasteiger partial charge is 0.394 e. The van der Waals surface area contributed by atoms with Crippen LogP contribution in [0, 0.1) is 11.6 Å². The summed E-state index contributed by atoms with van der Waals surface area (Å²) in [5, 5.41) is 4.12. The van der Waals surface area contributed by atoms with Gasteiger partial charge in [-0.3, -0.25) is 9.11 Å². The van der Waals surface area contributed by atoms with Crippen molar-refractivity contribution >= 4 is 21.9 Å². The average molecular weight is 398 g/mol. The molecule has 1 saturated heterocycles. The Morgan fingerprint density at radius 3 is 2.63 bits per heavy atom. The highest BCUT2D eigenvalue weighted by atomic mass is 32.3. The van der Waals surface area contributed by atoms with Gasteiger partial charge in [-0.15, -0.1) is 0 Å². The van der Waals surface area contributed by atoms with Crippen LogP contribution in [0.4, 0.5) is 14.6 Å². The molecule has 0 bridgehead atoms. The number of aromatic nitrogens is 3. The molecule has 2 N–H and O–H groups in total. The van der Waals surface area contributed by atoms with Crippen molar-refractivity contribution in [2.75, 3.05) is 11.4 Å². The van der Waals surface area contributed by atoms with E-state index in [0.29, 0.717) is 5.56 Å². The predicted molar refractivity (Wildman–Crippen MR) is 92.8 cm³/mol. The summed E-state index contributed by atoms with van der Waals surface area (Å²) in [5.74, 6) is -0.0228. The smallest absolute Gasteiger partial charge is 0.349 e. The van der Waals surface area contributed by atoms with E-state index in [1.165, 1.54) is 12.1 Å². The Kier molecular flexibility index (Phi) is 5.35. The maximum absolute atomic E-state index is 14.1. The molecule has 11 heteroatoms. The van der Waals surface area contributed by atoms with E-state index in [2.05, 4.69) is 10.1 Å². The molecule has 1 unspecified atom stereocenters. The molecule has 0 aliphatic carbocycles. The first-order chi connectivity index (χ1) is 12.7. The first kappa shape index (κ1) is 19.1. The van der Waals surface area contributed by atoms with Gasteiger partial charge in [-0.2, -0.15) is 13.5 Å². The minimum atomic E-state index is -4.67. The molecule has 3 aromatic rings. The topological polar surface area (TPSA) is 108 Å². The summed E-state index contributed by atoms with van der Waals surface area (Å²) in [5.41, 5.74) is 1.13. The van der Waals surface area contributed by atoms with E-state index < -0.39 is 16.2 Å². The third-order valence-corrected chi connectivity index (χ3v) is 4.11. The summed E-state index contributed by atoms with van der Waals surface area (Å²) in [7, 11) is -4.67. The summed E-state index contributed by atoms with van der Waals surface area (Å²) < 4.78 is 60.8. The molecule has 4 rings (SSSR count). The van der Waals surface area contributed by atoms with Crippen LogP contribution >= 0.6 is 0 Å². The number of hydrogen-bond acceptors (Lipinski definition) is 5. The number of rotatable bonds is 2. The second-order valence-corrected chi connectivity index (χ2v) is 6.78. The first-order valence-corrected chi connectivity index (χ1v) is 9.34. The van der Waals surface area contributed by atoms with Crippen LogP contribution in [0.15, 0.2) is 42.7 Å². The molecule has 1 aromatic carbocycles. The molecule has 8 nitrogen and oxygen atoms in total. The standard InChI is InChI=1S/C16H14F2N4.H2O4S/c17-11-3-4-13(18)12(10-11)14-2-1-8-21(14)15-6-9-22-16(20-15)5-7-19-22;1-5(2,3)4/h3-7,9-10,14H,1-2,8H2;(H2,1,2,3,4). The molecular weight excluding hydrogens is 382 g/mol. The normalized spacial score (nSPS) is 17.0. The molecule has 2 aromatic heterocycles. The van der Waals surface area contributed by atoms with Crippen molar-refractivity contribution in [1.82, 2.24) is 14.6 Å². The van der Waals surface area contributed by atoms with Gasteiger partial charge in [0.2, 0.25) is 0 Å². The second-order valence-electron chi connectivity index (χ2n) is 5.88. The summed E-state index contributed by atoms with van der Waals surface area (Å²) in [6, 6.07) is 7.11. The van der Waals surface area contributed by atoms with E-state index >= 15 is 0 Å². The summed E-state index contributed by atoms with van der Waals surface area (Å²) >= 11 is 0. The molecule has 1 fully saturated rings. The van der Waals surface area contributed by atoms with Gasteiger partial charge in [0.25, 0.3) is 0 Å². The van der Waals surface area contributed by atoms with Crippen LogP contribution in [0.1, 0.15) is 24.4 Å². The molecule has 0 amide bonds. The van der Waals surface area contributed by atoms with Gasteiger partial charge in [0.1, 0.15) is 17.5 Å². The van der Waals surface area contributed by atoms with Gasteiger partial charge in [0.05, 0.1) is 12.2 Å². The molecular formula is C16H16F2N4O4S. The molecule has 1 aliphatic heterocycles. The summed E-state index contributed by atoms with van der Waals surface area (Å²) in [6.07, 6.45) is 5.22. The monoisotopic (exact) mass is 398 g/mol. The minimum Gasteiger partial charge on any atom is -0.349 e. The molecule has 144 valence electrons. The third-order valence-electron chi connectivity index (χ3n) is 4.11. The van der Waals surface area contributed by atoms with Crippen LogP contribution in [0.25, 0.3) is 5.65 Å². The Morgan fingerprint density at radius 2 is 1.89 bits per heavy atom. The van der Waals surface area contributed by atoms with Gasteiger partial charge >= 0.3 is 10.4 Å². The van der Waals surface area contributed by atoms with Crippen LogP contribution in [-0.4, -0.2) is 38.7 Å². The Balaban J connectivity index is 0.000000376. The third kappa shape index (κ3) is 4.76. The lowest BCUT2D eigenvalue weighted by molar-refractivity contribution is 0.381. The van der Waals surface area contributed by atoms with Gasteiger partial charge < -0.3 is 4.90 Å². The number of hydrogen-bond donors (Lipinski definition) is 2. The Hall–Kier alpha value is -2.63. The molecule has 1 aliphatic rings. The fourth-order valence-corrected chi connectivity index (χ4v) is 3.10. The molecule has 27 heavy (non-hydrogen) atoms. The van der Waals surface area contributed by atoms with E-state index in [9.17, 15) is 8.78 Å². The van der Waals surface area contributed by atoms with E-state index in [0.717, 1.165) is 36.9 Å². The first-order valence-electron chi connectivity index (χ1n) is 7.94. The van der Waals surface area contributed by atoms with Gasteiger partial charge in [0.15, 0.2) is 5.65 Å². The van der Waals surface area contributed by atoms with Gasteiger partial charge in [0, 0.05) is 24.4 Å². The van der Waals surface area contributed by atoms with Crippen LogP contribution in [-0.2, 0) is 10.4 Å². The summed E-state index contributed by atoms with van der Waals surface area (Å²) in [4.78, 5) is 6.59. The number of anilines is 1. The summed E-state index contributed by atoms with van der Waals surface area (Å²) in [6.45, 7) is 0.776. The zero-order chi connectivity index (χ0) is 19.6. The van der Waals surface area contributed by atoms with Crippen LogP contribution in [0.5, 0.6) is 0 Å². The highest BCUT2D eigenvalue weighted by Gasteiger charge is 2.29. The van der Waals surface area contributed by atoms with Gasteiger partial charge in [-0.1, -0.05) is 0 Å². The lowest BCUT2D eigenvalue weighted by Crippen LogP contribution is -2.24. The predicted octanol–water partition coefficient (Wildman–Crippen LogP) is 2.70. The Labute approximate surface area is 153 Å². The Morgan fingerprint density at radius 1 is 1.15 bits per heavy atom. The molecule has 0 saturated carbocycles. The lowest BCUT2D eigenvalue weighted by Gasteiger charge is -2.26. The van der Waals surface area contributed by atoms with Crippen molar-refractivity contribution in [2.24, 2.45) is 0 Å². The second kappa shape index (κ2) is 7.55. The van der Waals surface area contributed by atoms with Crippen molar-refractivity contribution in [3.63, 3.8) is 0 Å². The van der Waals surface area contributed by atoms with E-state index in [1.807, 2.05) is 23.2 Å². The highest BCUT2D eigenvalue weighted by Crippen LogP contribution is 2.36. The molecule has 0 spiro atoms. The number of fused-ring (bicyclic) bond motifs is 1. The van der Waals surface area contributed by atoms with Crippen molar-refractivity contribution < 1.29 is 26.3 Å². The van der Waals surface area contributed by atoms with Crippen LogP contribution in [0.3, 0.4) is 0 Å². The van der Waals surface area contributed by atoms with Gasteiger partial charge in [-0.25, -0.2) is 18.3 Å².